The van der Waals surface area contributed by atoms with Crippen molar-refractivity contribution >= 4 is 5.97 Å². The molecule has 1 unspecified atom stereocenters. The number of hydrogen-bond acceptors (Lipinski definition) is 2. The first-order chi connectivity index (χ1) is 11.1. The Morgan fingerprint density at radius 3 is 2.09 bits per heavy atom. The van der Waals surface area contributed by atoms with E-state index >= 15 is 0 Å². The van der Waals surface area contributed by atoms with Crippen molar-refractivity contribution in [2.75, 3.05) is 0 Å². The van der Waals surface area contributed by atoms with Gasteiger partial charge in [0.15, 0.2) is 0 Å². The van der Waals surface area contributed by atoms with Crippen LogP contribution in [0.15, 0.2) is 12.2 Å². The quantitative estimate of drug-likeness (QED) is 0.416. The van der Waals surface area contributed by atoms with Crippen LogP contribution in [-0.2, 0) is 4.79 Å². The van der Waals surface area contributed by atoms with Crippen molar-refractivity contribution in [3.05, 3.63) is 12.2 Å². The van der Waals surface area contributed by atoms with Gasteiger partial charge in [0.2, 0.25) is 0 Å². The number of carboxylic acid groups (broad SMARTS) is 1. The molecule has 0 saturated heterocycles. The highest BCUT2D eigenvalue weighted by Gasteiger charge is 1.96. The summed E-state index contributed by atoms with van der Waals surface area (Å²) >= 11 is 0. The average Bonchev–Trinajstić information content (AvgIpc) is 2.49. The lowest BCUT2D eigenvalue weighted by molar-refractivity contribution is -0.137. The lowest BCUT2D eigenvalue weighted by Gasteiger charge is -2.01. The van der Waals surface area contributed by atoms with Gasteiger partial charge in [-0.15, -0.1) is 0 Å². The van der Waals surface area contributed by atoms with Crippen LogP contribution in [0.1, 0.15) is 77.6 Å². The van der Waals surface area contributed by atoms with E-state index in [1.54, 1.807) is 19.1 Å². The van der Waals surface area contributed by atoms with E-state index in [1.807, 2.05) is 0 Å². The minimum atomic E-state index is -0.685. The van der Waals surface area contributed by atoms with Crippen LogP contribution < -0.4 is 0 Å². The van der Waals surface area contributed by atoms with Crippen LogP contribution in [0, 0.1) is 23.7 Å². The second-order valence-corrected chi connectivity index (χ2v) is 5.75. The van der Waals surface area contributed by atoms with Crippen molar-refractivity contribution in [3.63, 3.8) is 0 Å². The third-order valence-electron chi connectivity index (χ3n) is 3.37. The van der Waals surface area contributed by atoms with E-state index in [-0.39, 0.29) is 0 Å². The standard InChI is InChI=1S/C20H30O3/c1-19(21)17-15-13-11-9-7-5-3-2-4-6-8-10-12-14-16-18-20(22)23/h15,17,19,21H,2-6,8,10,12,14,16,18H2,1H3,(H,22,23)/b17-15+. The van der Waals surface area contributed by atoms with Gasteiger partial charge in [-0.3, -0.25) is 4.79 Å². The van der Waals surface area contributed by atoms with E-state index in [4.69, 9.17) is 10.2 Å². The van der Waals surface area contributed by atoms with Crippen LogP contribution in [0.4, 0.5) is 0 Å². The van der Waals surface area contributed by atoms with Crippen molar-refractivity contribution in [1.82, 2.24) is 0 Å². The van der Waals surface area contributed by atoms with Crippen LogP contribution >= 0.6 is 0 Å². The lowest BCUT2D eigenvalue weighted by Crippen LogP contribution is -1.93. The number of carbonyl (C=O) groups is 1. The fourth-order valence-corrected chi connectivity index (χ4v) is 2.10. The molecule has 128 valence electrons. The summed E-state index contributed by atoms with van der Waals surface area (Å²) in [4.78, 5) is 10.3. The highest BCUT2D eigenvalue weighted by Crippen LogP contribution is 2.11. The van der Waals surface area contributed by atoms with Crippen LogP contribution in [0.5, 0.6) is 0 Å². The zero-order valence-corrected chi connectivity index (χ0v) is 14.3. The minimum Gasteiger partial charge on any atom is -0.481 e. The zero-order chi connectivity index (χ0) is 17.2. The Morgan fingerprint density at radius 2 is 1.52 bits per heavy atom. The van der Waals surface area contributed by atoms with E-state index in [2.05, 4.69) is 23.7 Å². The van der Waals surface area contributed by atoms with Crippen LogP contribution in [0.3, 0.4) is 0 Å². The SMILES string of the molecule is CC(O)/C=C/C#CC#CCCCCCCCCCCCC(=O)O. The molecule has 0 heterocycles. The number of allylic oxidation sites excluding steroid dienone is 1. The maximum Gasteiger partial charge on any atom is 0.303 e. The van der Waals surface area contributed by atoms with Gasteiger partial charge in [-0.2, -0.15) is 0 Å². The number of aliphatic carboxylic acids is 1. The summed E-state index contributed by atoms with van der Waals surface area (Å²) in [5.74, 6) is 10.7. The summed E-state index contributed by atoms with van der Waals surface area (Å²) in [6.45, 7) is 1.68. The fraction of sp³-hybridized carbons (Fsp3) is 0.650. The predicted molar refractivity (Wildman–Crippen MR) is 94.8 cm³/mol. The van der Waals surface area contributed by atoms with Gasteiger partial charge in [0.05, 0.1) is 6.10 Å². The molecule has 0 aliphatic heterocycles. The largest absolute Gasteiger partial charge is 0.481 e. The fourth-order valence-electron chi connectivity index (χ4n) is 2.10. The molecule has 0 aromatic heterocycles. The monoisotopic (exact) mass is 318 g/mol. The Balaban J connectivity index is 3.29. The summed E-state index contributed by atoms with van der Waals surface area (Å²) in [5, 5.41) is 17.5. The molecule has 0 aromatic carbocycles. The molecule has 23 heavy (non-hydrogen) atoms. The normalized spacial score (nSPS) is 11.4. The molecule has 0 rings (SSSR count). The Labute approximate surface area is 141 Å². The first-order valence-corrected chi connectivity index (χ1v) is 8.68. The minimum absolute atomic E-state index is 0.308. The van der Waals surface area contributed by atoms with Crippen LogP contribution in [0.2, 0.25) is 0 Å². The first-order valence-electron chi connectivity index (χ1n) is 8.68. The first kappa shape index (κ1) is 21.3. The van der Waals surface area contributed by atoms with Crippen molar-refractivity contribution in [1.29, 1.82) is 0 Å². The average molecular weight is 318 g/mol. The molecule has 0 aromatic rings. The smallest absolute Gasteiger partial charge is 0.303 e. The molecule has 0 saturated carbocycles. The molecule has 1 atom stereocenters. The van der Waals surface area contributed by atoms with E-state index in [0.29, 0.717) is 6.42 Å². The number of carboxylic acids is 1. The van der Waals surface area contributed by atoms with E-state index < -0.39 is 12.1 Å². The molecule has 0 radical (unpaired) electrons. The number of aliphatic hydroxyl groups is 1. The lowest BCUT2D eigenvalue weighted by atomic mass is 10.1. The van der Waals surface area contributed by atoms with Gasteiger partial charge in [-0.05, 0) is 43.8 Å². The number of rotatable bonds is 12. The molecule has 0 fully saturated rings. The Morgan fingerprint density at radius 1 is 0.957 bits per heavy atom. The van der Waals surface area contributed by atoms with Gasteiger partial charge >= 0.3 is 5.97 Å². The maximum absolute atomic E-state index is 10.3. The number of hydrogen-bond donors (Lipinski definition) is 2. The summed E-state index contributed by atoms with van der Waals surface area (Å²) in [6.07, 6.45) is 14.3. The number of unbranched alkanes of at least 4 members (excludes halogenated alkanes) is 9. The third kappa shape index (κ3) is 20.3. The van der Waals surface area contributed by atoms with Gasteiger partial charge in [-0.1, -0.05) is 56.8 Å². The summed E-state index contributed by atoms with van der Waals surface area (Å²) in [7, 11) is 0. The highest BCUT2D eigenvalue weighted by molar-refractivity contribution is 5.66. The van der Waals surface area contributed by atoms with Gasteiger partial charge < -0.3 is 10.2 Å². The molecule has 0 aliphatic carbocycles. The molecule has 0 spiro atoms. The summed E-state index contributed by atoms with van der Waals surface area (Å²) < 4.78 is 0. The molecule has 3 heteroatoms. The van der Waals surface area contributed by atoms with Crippen molar-refractivity contribution in [2.45, 2.75) is 83.7 Å². The van der Waals surface area contributed by atoms with Crippen LogP contribution in [0.25, 0.3) is 0 Å². The van der Waals surface area contributed by atoms with Gasteiger partial charge in [-0.25, -0.2) is 0 Å². The van der Waals surface area contributed by atoms with E-state index in [1.165, 1.54) is 32.1 Å². The zero-order valence-electron chi connectivity index (χ0n) is 14.3. The third-order valence-corrected chi connectivity index (χ3v) is 3.37. The molecular formula is C20H30O3. The summed E-state index contributed by atoms with van der Waals surface area (Å²) in [6, 6.07) is 0. The predicted octanol–water partition coefficient (Wildman–Crippen LogP) is 4.31. The second-order valence-electron chi connectivity index (χ2n) is 5.75. The topological polar surface area (TPSA) is 57.5 Å². The molecule has 0 amide bonds. The molecule has 0 bridgehead atoms. The summed E-state index contributed by atoms with van der Waals surface area (Å²) in [5.41, 5.74) is 0. The molecular weight excluding hydrogens is 288 g/mol. The molecule has 2 N–H and O–H groups in total. The van der Waals surface area contributed by atoms with Crippen LogP contribution in [-0.4, -0.2) is 22.3 Å². The van der Waals surface area contributed by atoms with Gasteiger partial charge in [0.25, 0.3) is 0 Å². The molecule has 3 nitrogen and oxygen atoms in total. The van der Waals surface area contributed by atoms with E-state index in [9.17, 15) is 4.79 Å². The number of aliphatic hydroxyl groups excluding tert-OH is 1. The van der Waals surface area contributed by atoms with E-state index in [0.717, 1.165) is 32.1 Å². The van der Waals surface area contributed by atoms with Gasteiger partial charge in [0, 0.05) is 12.8 Å². The highest BCUT2D eigenvalue weighted by atomic mass is 16.4. The Kier molecular flexibility index (Phi) is 15.4. The molecule has 0 aliphatic rings. The van der Waals surface area contributed by atoms with Crippen molar-refractivity contribution in [3.8, 4) is 23.7 Å². The second kappa shape index (κ2) is 16.7. The van der Waals surface area contributed by atoms with Crippen molar-refractivity contribution < 1.29 is 15.0 Å². The Bertz CT molecular complexity index is 441. The van der Waals surface area contributed by atoms with Gasteiger partial charge in [0.1, 0.15) is 0 Å². The Hall–Kier alpha value is -1.71. The van der Waals surface area contributed by atoms with Crippen molar-refractivity contribution in [2.24, 2.45) is 0 Å². The maximum atomic E-state index is 10.3.